The van der Waals surface area contributed by atoms with E-state index < -0.39 is 5.92 Å². The van der Waals surface area contributed by atoms with Crippen molar-refractivity contribution in [3.8, 4) is 11.5 Å². The molecule has 2 aromatic carbocycles. The quantitative estimate of drug-likeness (QED) is 0.631. The number of rotatable bonds is 4. The van der Waals surface area contributed by atoms with Crippen LogP contribution >= 0.6 is 0 Å². The Morgan fingerprint density at radius 3 is 2.30 bits per heavy atom. The van der Waals surface area contributed by atoms with Crippen molar-refractivity contribution in [1.29, 1.82) is 0 Å². The summed E-state index contributed by atoms with van der Waals surface area (Å²) in [5.74, 6) is 0.650. The summed E-state index contributed by atoms with van der Waals surface area (Å²) >= 11 is 0. The van der Waals surface area contributed by atoms with E-state index >= 15 is 0 Å². The Balaban J connectivity index is 1.37. The van der Waals surface area contributed by atoms with Crippen LogP contribution in [0.4, 0.5) is 0 Å². The molecule has 0 spiro atoms. The lowest BCUT2D eigenvalue weighted by Crippen LogP contribution is -2.56. The third-order valence-electron chi connectivity index (χ3n) is 9.01. The molecule has 2 aromatic rings. The van der Waals surface area contributed by atoms with Gasteiger partial charge in [-0.2, -0.15) is 0 Å². The van der Waals surface area contributed by atoms with Crippen LogP contribution < -0.4 is 9.47 Å². The second-order valence-electron chi connectivity index (χ2n) is 10.8. The predicted molar refractivity (Wildman–Crippen MR) is 141 cm³/mol. The van der Waals surface area contributed by atoms with Crippen molar-refractivity contribution in [2.24, 2.45) is 0 Å². The van der Waals surface area contributed by atoms with Crippen molar-refractivity contribution in [3.05, 3.63) is 58.7 Å². The number of amides is 2. The molecule has 1 aliphatic carbocycles. The predicted octanol–water partition coefficient (Wildman–Crippen LogP) is 4.02. The van der Waals surface area contributed by atoms with E-state index in [0.29, 0.717) is 29.6 Å². The standard InChI is InChI=1S/C30H37N3O4/c1-36-25-18-23-24(19-26(25)37-2)29(34)33-13-12-20-8-6-7-11-22(20)28(33)27(23)30(35)32-16-14-31(15-17-32)21-9-4-3-5-10-21/h6-8,11,18-19,21,27-28H,3-5,9-10,12-17H2,1-2H3/t27-,28+/m1/s1. The van der Waals surface area contributed by atoms with Gasteiger partial charge in [-0.25, -0.2) is 0 Å². The number of hydrogen-bond donors (Lipinski definition) is 0. The zero-order chi connectivity index (χ0) is 25.5. The number of ether oxygens (including phenoxy) is 2. The maximum Gasteiger partial charge on any atom is 0.254 e. The van der Waals surface area contributed by atoms with Crippen LogP contribution in [-0.4, -0.2) is 79.5 Å². The van der Waals surface area contributed by atoms with Gasteiger partial charge in [-0.15, -0.1) is 0 Å². The fourth-order valence-electron chi connectivity index (χ4n) is 7.07. The zero-order valence-electron chi connectivity index (χ0n) is 21.9. The Morgan fingerprint density at radius 2 is 1.57 bits per heavy atom. The molecule has 2 atom stereocenters. The first-order chi connectivity index (χ1) is 18.1. The topological polar surface area (TPSA) is 62.3 Å². The van der Waals surface area contributed by atoms with E-state index in [9.17, 15) is 9.59 Å². The summed E-state index contributed by atoms with van der Waals surface area (Å²) in [6.07, 6.45) is 7.34. The highest BCUT2D eigenvalue weighted by Gasteiger charge is 2.48. The second-order valence-corrected chi connectivity index (χ2v) is 10.8. The van der Waals surface area contributed by atoms with Gasteiger partial charge in [0.2, 0.25) is 5.91 Å². The molecule has 6 rings (SSSR count). The van der Waals surface area contributed by atoms with Crippen molar-refractivity contribution in [2.45, 2.75) is 56.5 Å². The number of carbonyl (C=O) groups is 2. The Bertz CT molecular complexity index is 1180. The van der Waals surface area contributed by atoms with Crippen LogP contribution in [0.3, 0.4) is 0 Å². The lowest BCUT2D eigenvalue weighted by Gasteiger charge is -2.47. The smallest absolute Gasteiger partial charge is 0.254 e. The third-order valence-corrected chi connectivity index (χ3v) is 9.01. The second kappa shape index (κ2) is 10.0. The van der Waals surface area contributed by atoms with Gasteiger partial charge in [0.05, 0.1) is 26.2 Å². The minimum Gasteiger partial charge on any atom is -0.493 e. The average Bonchev–Trinajstić information content (AvgIpc) is 2.97. The van der Waals surface area contributed by atoms with Crippen LogP contribution in [0.5, 0.6) is 11.5 Å². The van der Waals surface area contributed by atoms with Gasteiger partial charge >= 0.3 is 0 Å². The number of benzene rings is 2. The van der Waals surface area contributed by atoms with E-state index in [2.05, 4.69) is 17.0 Å². The first-order valence-electron chi connectivity index (χ1n) is 13.8. The number of methoxy groups -OCH3 is 2. The normalized spacial score (nSPS) is 24.2. The Labute approximate surface area is 219 Å². The van der Waals surface area contributed by atoms with Gasteiger partial charge in [-0.05, 0) is 48.1 Å². The van der Waals surface area contributed by atoms with Crippen molar-refractivity contribution < 1.29 is 19.1 Å². The van der Waals surface area contributed by atoms with Crippen LogP contribution in [0.1, 0.15) is 71.1 Å². The number of fused-ring (bicyclic) bond motifs is 4. The van der Waals surface area contributed by atoms with E-state index in [4.69, 9.17) is 9.47 Å². The van der Waals surface area contributed by atoms with Gasteiger partial charge in [-0.1, -0.05) is 43.5 Å². The molecule has 0 N–H and O–H groups in total. The van der Waals surface area contributed by atoms with Gasteiger partial charge in [0.1, 0.15) is 0 Å². The van der Waals surface area contributed by atoms with Crippen molar-refractivity contribution >= 4 is 11.8 Å². The molecule has 0 bridgehead atoms. The lowest BCUT2D eigenvalue weighted by molar-refractivity contribution is -0.137. The molecule has 0 unspecified atom stereocenters. The van der Waals surface area contributed by atoms with Crippen molar-refractivity contribution in [3.63, 3.8) is 0 Å². The average molecular weight is 504 g/mol. The third kappa shape index (κ3) is 4.17. The van der Waals surface area contributed by atoms with Crippen LogP contribution in [0.15, 0.2) is 36.4 Å². The molecule has 4 aliphatic rings. The summed E-state index contributed by atoms with van der Waals surface area (Å²) in [4.78, 5) is 34.8. The molecule has 2 amide bonds. The highest BCUT2D eigenvalue weighted by atomic mass is 16.5. The molecular formula is C30H37N3O4. The summed E-state index contributed by atoms with van der Waals surface area (Å²) in [6, 6.07) is 12.3. The maximum atomic E-state index is 14.4. The molecule has 7 nitrogen and oxygen atoms in total. The number of piperazine rings is 1. The van der Waals surface area contributed by atoms with Gasteiger partial charge in [0.15, 0.2) is 11.5 Å². The minimum absolute atomic E-state index is 0.0402. The summed E-state index contributed by atoms with van der Waals surface area (Å²) < 4.78 is 11.1. The van der Waals surface area contributed by atoms with Crippen LogP contribution in [0.2, 0.25) is 0 Å². The monoisotopic (exact) mass is 503 g/mol. The zero-order valence-corrected chi connectivity index (χ0v) is 21.9. The van der Waals surface area contributed by atoms with Crippen LogP contribution in [0, 0.1) is 0 Å². The molecule has 196 valence electrons. The largest absolute Gasteiger partial charge is 0.493 e. The molecule has 7 heteroatoms. The van der Waals surface area contributed by atoms with Crippen LogP contribution in [-0.2, 0) is 11.2 Å². The molecule has 1 saturated carbocycles. The molecule has 37 heavy (non-hydrogen) atoms. The summed E-state index contributed by atoms with van der Waals surface area (Å²) in [7, 11) is 3.17. The fourth-order valence-corrected chi connectivity index (χ4v) is 7.07. The molecule has 0 radical (unpaired) electrons. The van der Waals surface area contributed by atoms with E-state index in [0.717, 1.165) is 43.7 Å². The minimum atomic E-state index is -0.477. The van der Waals surface area contributed by atoms with Crippen molar-refractivity contribution in [2.75, 3.05) is 46.9 Å². The summed E-state index contributed by atoms with van der Waals surface area (Å²) in [5, 5.41) is 0. The lowest BCUT2D eigenvalue weighted by atomic mass is 9.75. The van der Waals surface area contributed by atoms with E-state index in [1.165, 1.54) is 37.7 Å². The van der Waals surface area contributed by atoms with E-state index in [-0.39, 0.29) is 17.9 Å². The summed E-state index contributed by atoms with van der Waals surface area (Å²) in [5.41, 5.74) is 3.61. The summed E-state index contributed by atoms with van der Waals surface area (Å²) in [6.45, 7) is 3.92. The molecular weight excluding hydrogens is 466 g/mol. The first kappa shape index (κ1) is 24.3. The fraction of sp³-hybridized carbons (Fsp3) is 0.533. The Kier molecular flexibility index (Phi) is 6.57. The van der Waals surface area contributed by atoms with Gasteiger partial charge in [0, 0.05) is 44.3 Å². The highest BCUT2D eigenvalue weighted by Crippen LogP contribution is 2.49. The van der Waals surface area contributed by atoms with Gasteiger partial charge < -0.3 is 19.3 Å². The first-order valence-corrected chi connectivity index (χ1v) is 13.8. The molecule has 2 fully saturated rings. The highest BCUT2D eigenvalue weighted by molar-refractivity contribution is 6.02. The SMILES string of the molecule is COc1cc2c(cc1OC)[C@@H](C(=O)N1CCN(C3CCCCC3)CC1)[C@@H]1c3ccccc3CCN1C2=O. The van der Waals surface area contributed by atoms with Gasteiger partial charge in [-0.3, -0.25) is 14.5 Å². The molecule has 3 aliphatic heterocycles. The Morgan fingerprint density at radius 1 is 0.865 bits per heavy atom. The Hall–Kier alpha value is -3.06. The maximum absolute atomic E-state index is 14.4. The van der Waals surface area contributed by atoms with Crippen LogP contribution in [0.25, 0.3) is 0 Å². The molecule has 0 aromatic heterocycles. The van der Waals surface area contributed by atoms with E-state index in [1.54, 1.807) is 20.3 Å². The van der Waals surface area contributed by atoms with Crippen molar-refractivity contribution in [1.82, 2.24) is 14.7 Å². The van der Waals surface area contributed by atoms with Gasteiger partial charge in [0.25, 0.3) is 5.91 Å². The molecule has 1 saturated heterocycles. The number of nitrogens with zero attached hydrogens (tertiary/aromatic N) is 3. The van der Waals surface area contributed by atoms with E-state index in [1.807, 2.05) is 28.0 Å². The molecule has 3 heterocycles. The number of hydrogen-bond acceptors (Lipinski definition) is 5. The number of carbonyl (C=O) groups excluding carboxylic acids is 2.